The number of oxime groups is 1. The van der Waals surface area contributed by atoms with Crippen LogP contribution in [0.2, 0.25) is 0 Å². The first-order chi connectivity index (χ1) is 36.9. The highest BCUT2D eigenvalue weighted by Gasteiger charge is 2.55. The van der Waals surface area contributed by atoms with Gasteiger partial charge in [0.05, 0.1) is 11.8 Å². The van der Waals surface area contributed by atoms with Crippen molar-refractivity contribution in [3.63, 3.8) is 0 Å². The van der Waals surface area contributed by atoms with Crippen LogP contribution in [-0.2, 0) is 45.6 Å². The lowest BCUT2D eigenvalue weighted by molar-refractivity contribution is -0.575. The van der Waals surface area contributed by atoms with Gasteiger partial charge < -0.3 is 29.7 Å². The molecule has 7 aromatic rings. The summed E-state index contributed by atoms with van der Waals surface area (Å²) in [5.41, 5.74) is 7.24. The topological polar surface area (TPSA) is 218 Å². The monoisotopic (exact) mass is 1110 g/mol. The molecule has 9 rings (SSSR count). The molecule has 4 aromatic carbocycles. The van der Waals surface area contributed by atoms with Gasteiger partial charge in [-0.05, 0) is 80.6 Å². The SMILES string of the molecule is COc1ccc(COC(=O)C2=C(CSc3nc4c(C)[n+](C(N)=O)ccc4s3)CS[C@H]3C(NC(=O)/C(=N\OC(C)(C)C(=O)OC(C)(C)C)c4csc(NC(c5ccccc5)(c5ccccc5)c5ccccc5)n4)C(=O)N23)cc1. The number of hydrogen-bond donors (Lipinski definition) is 3. The summed E-state index contributed by atoms with van der Waals surface area (Å²) >= 11 is 5.40. The summed E-state index contributed by atoms with van der Waals surface area (Å²) in [5, 5.41) is 12.2. The summed E-state index contributed by atoms with van der Waals surface area (Å²) in [4.78, 5) is 86.1. The number of thiazole rings is 2. The number of esters is 2. The number of rotatable bonds is 18. The second-order valence-electron chi connectivity index (χ2n) is 19.4. The highest BCUT2D eigenvalue weighted by molar-refractivity contribution is 8.02. The molecule has 0 saturated carbocycles. The van der Waals surface area contributed by atoms with Crippen molar-refractivity contribution in [2.45, 2.75) is 80.6 Å². The number of primary amides is 1. The number of nitrogens with zero attached hydrogens (tertiary/aromatic N) is 5. The number of pyridine rings is 1. The Morgan fingerprint density at radius 1 is 0.870 bits per heavy atom. The van der Waals surface area contributed by atoms with E-state index in [0.717, 1.165) is 21.4 Å². The molecule has 1 unspecified atom stereocenters. The molecule has 2 aliphatic heterocycles. The van der Waals surface area contributed by atoms with Crippen molar-refractivity contribution in [3.8, 4) is 5.75 Å². The van der Waals surface area contributed by atoms with Crippen LogP contribution in [0.25, 0.3) is 10.2 Å². The number of carbonyl (C=O) groups is 5. The lowest BCUT2D eigenvalue weighted by Crippen LogP contribution is -2.71. The molecule has 396 valence electrons. The minimum atomic E-state index is -1.67. The Hall–Kier alpha value is -7.59. The first kappa shape index (κ1) is 54.2. The predicted molar refractivity (Wildman–Crippen MR) is 298 cm³/mol. The van der Waals surface area contributed by atoms with E-state index in [2.05, 4.69) is 15.8 Å². The van der Waals surface area contributed by atoms with Crippen molar-refractivity contribution in [2.24, 2.45) is 10.9 Å². The number of thioether (sulfide) groups is 2. The molecule has 0 radical (unpaired) electrons. The summed E-state index contributed by atoms with van der Waals surface area (Å²) in [5.74, 6) is -1.62. The third-order valence-electron chi connectivity index (χ3n) is 12.5. The van der Waals surface area contributed by atoms with Crippen LogP contribution >= 0.6 is 46.2 Å². The minimum Gasteiger partial charge on any atom is -0.497 e. The maximum absolute atomic E-state index is 14.8. The van der Waals surface area contributed by atoms with Crippen LogP contribution in [0.15, 0.2) is 154 Å². The third kappa shape index (κ3) is 11.6. The van der Waals surface area contributed by atoms with E-state index in [1.54, 1.807) is 76.7 Å². The Balaban J connectivity index is 1.02. The Morgan fingerprint density at radius 2 is 1.49 bits per heavy atom. The largest absolute Gasteiger partial charge is 0.497 e. The number of amides is 3. The summed E-state index contributed by atoms with van der Waals surface area (Å²) in [6.45, 7) is 9.80. The number of aryl methyl sites for hydroxylation is 1. The molecule has 77 heavy (non-hydrogen) atoms. The average Bonchev–Trinajstić information content (AvgIpc) is 4.09. The smallest absolute Gasteiger partial charge is 0.493 e. The van der Waals surface area contributed by atoms with Gasteiger partial charge in [0.25, 0.3) is 11.8 Å². The number of aromatic nitrogens is 3. The number of anilines is 1. The molecule has 3 amide bonds. The van der Waals surface area contributed by atoms with Gasteiger partial charge >= 0.3 is 18.0 Å². The summed E-state index contributed by atoms with van der Waals surface area (Å²) in [7, 11) is 1.56. The molecule has 0 spiro atoms. The van der Waals surface area contributed by atoms with Crippen LogP contribution in [0, 0.1) is 6.92 Å². The number of β-lactam (4-membered cyclic amide) rings is 1. The van der Waals surface area contributed by atoms with Crippen molar-refractivity contribution in [2.75, 3.05) is 23.9 Å². The van der Waals surface area contributed by atoms with Gasteiger partial charge in [-0.3, -0.25) is 20.2 Å². The predicted octanol–water partition coefficient (Wildman–Crippen LogP) is 8.72. The molecule has 3 aromatic heterocycles. The normalized spacial score (nSPS) is 15.8. The van der Waals surface area contributed by atoms with Crippen LogP contribution in [0.3, 0.4) is 0 Å². The molecule has 2 aliphatic rings. The van der Waals surface area contributed by atoms with Gasteiger partial charge in [0.1, 0.15) is 63.7 Å². The molecular formula is C56H55N8O9S4+. The summed E-state index contributed by atoms with van der Waals surface area (Å²) < 4.78 is 19.7. The van der Waals surface area contributed by atoms with Gasteiger partial charge in [0.15, 0.2) is 15.2 Å². The first-order valence-electron chi connectivity index (χ1n) is 24.3. The Morgan fingerprint density at radius 3 is 2.08 bits per heavy atom. The van der Waals surface area contributed by atoms with Crippen molar-refractivity contribution >= 4 is 97.0 Å². The number of nitrogens with one attached hydrogen (secondary N) is 2. The van der Waals surface area contributed by atoms with Gasteiger partial charge in [-0.2, -0.15) is 9.36 Å². The average molecular weight is 1110 g/mol. The lowest BCUT2D eigenvalue weighted by Gasteiger charge is -2.49. The van der Waals surface area contributed by atoms with Crippen LogP contribution in [0.4, 0.5) is 9.93 Å². The van der Waals surface area contributed by atoms with E-state index < -0.39 is 57.9 Å². The maximum atomic E-state index is 14.8. The zero-order valence-corrected chi connectivity index (χ0v) is 46.4. The maximum Gasteiger partial charge on any atom is 0.493 e. The molecule has 0 bridgehead atoms. The number of ether oxygens (including phenoxy) is 3. The molecular weight excluding hydrogens is 1060 g/mol. The van der Waals surface area contributed by atoms with Crippen molar-refractivity contribution in [1.29, 1.82) is 0 Å². The van der Waals surface area contributed by atoms with Gasteiger partial charge in [-0.25, -0.2) is 19.6 Å². The fourth-order valence-corrected chi connectivity index (χ4v) is 13.0. The molecule has 5 heterocycles. The molecule has 1 saturated heterocycles. The van der Waals surface area contributed by atoms with E-state index in [9.17, 15) is 24.0 Å². The minimum absolute atomic E-state index is 0.0689. The zero-order chi connectivity index (χ0) is 54.6. The number of nitrogens with two attached hydrogens (primary N) is 1. The molecule has 1 fully saturated rings. The Kier molecular flexibility index (Phi) is 15.9. The number of benzene rings is 4. The lowest BCUT2D eigenvalue weighted by atomic mass is 9.77. The quantitative estimate of drug-likeness (QED) is 0.0139. The highest BCUT2D eigenvalue weighted by atomic mass is 32.2. The van der Waals surface area contributed by atoms with Gasteiger partial charge in [0, 0.05) is 23.8 Å². The standard InChI is InChI=1S/C56H54N8O9S4/c1-33-42-41(27-28-63(33)51(57)69)77-53(60-42)76-31-35-30-74-48-44(47(66)64(48)45(35)49(67)71-29-34-23-25-39(70-7)26-24-34)59-46(65)43(62-73-55(5,6)50(68)72-54(2,3)4)40-32-75-52(58-40)61-56(36-17-11-8-12-18-36,37-19-13-9-14-20-37)38-21-15-10-16-22-38/h8-28,32,44,48H,29-31H2,1-7H3,(H3-,57,58,59,61,65,69)/p+1/b62-43-/t44?,48-/m0/s1. The third-order valence-corrected chi connectivity index (χ3v) is 16.9. The van der Waals surface area contributed by atoms with Crippen molar-refractivity contribution in [3.05, 3.63) is 178 Å². The second-order valence-corrected chi connectivity index (χ2v) is 23.6. The molecule has 0 aliphatic carbocycles. The second kappa shape index (κ2) is 22.6. The zero-order valence-electron chi connectivity index (χ0n) is 43.1. The van der Waals surface area contributed by atoms with Gasteiger partial charge in [-0.1, -0.05) is 120 Å². The Bertz CT molecular complexity index is 3320. The summed E-state index contributed by atoms with van der Waals surface area (Å²) in [6.07, 6.45) is 1.60. The molecule has 17 nitrogen and oxygen atoms in total. The van der Waals surface area contributed by atoms with E-state index in [1.165, 1.54) is 69.5 Å². The molecule has 21 heteroatoms. The van der Waals surface area contributed by atoms with E-state index >= 15 is 0 Å². The van der Waals surface area contributed by atoms with Gasteiger partial charge in [-0.15, -0.1) is 34.4 Å². The Labute approximate surface area is 461 Å². The van der Waals surface area contributed by atoms with E-state index in [-0.39, 0.29) is 29.5 Å². The number of hydrogen-bond acceptors (Lipinski definition) is 17. The van der Waals surface area contributed by atoms with E-state index in [4.69, 9.17) is 34.7 Å². The number of carbonyl (C=O) groups excluding carboxylic acids is 5. The van der Waals surface area contributed by atoms with Gasteiger partial charge in [0.2, 0.25) is 5.60 Å². The van der Waals surface area contributed by atoms with Crippen LogP contribution in [0.1, 0.15) is 68.3 Å². The molecule has 4 N–H and O–H groups in total. The van der Waals surface area contributed by atoms with Crippen molar-refractivity contribution in [1.82, 2.24) is 20.2 Å². The van der Waals surface area contributed by atoms with Crippen molar-refractivity contribution < 1.29 is 47.6 Å². The summed E-state index contributed by atoms with van der Waals surface area (Å²) in [6, 6.07) is 36.9. The molecule has 2 atom stereocenters. The highest BCUT2D eigenvalue weighted by Crippen LogP contribution is 2.44. The fraction of sp³-hybridized carbons (Fsp3) is 0.268. The number of methoxy groups -OCH3 is 1. The van der Waals surface area contributed by atoms with E-state index in [1.807, 2.05) is 91.0 Å². The first-order valence-corrected chi connectivity index (χ1v) is 28.0. The van der Waals surface area contributed by atoms with E-state index in [0.29, 0.717) is 43.3 Å². The van der Waals surface area contributed by atoms with Crippen LogP contribution in [-0.4, -0.2) is 91.6 Å². The number of fused-ring (bicyclic) bond motifs is 2. The fourth-order valence-electron chi connectivity index (χ4n) is 8.62. The van der Waals surface area contributed by atoms with Crippen LogP contribution in [0.5, 0.6) is 5.75 Å². The van der Waals surface area contributed by atoms with Crippen LogP contribution < -0.4 is 25.7 Å².